The van der Waals surface area contributed by atoms with E-state index in [0.29, 0.717) is 16.3 Å². The van der Waals surface area contributed by atoms with Gasteiger partial charge in [-0.25, -0.2) is 8.78 Å². The fraction of sp³-hybridized carbons (Fsp3) is 0.167. The zero-order chi connectivity index (χ0) is 12.4. The number of halogens is 3. The highest BCUT2D eigenvalue weighted by atomic mass is 35.5. The SMILES string of the molecule is NC(Cc1ccc(F)c(F)c1)c1ccc(Cl)s1. The van der Waals surface area contributed by atoms with Crippen molar-refractivity contribution in [1.82, 2.24) is 0 Å². The zero-order valence-electron chi connectivity index (χ0n) is 8.79. The molecule has 1 atom stereocenters. The molecule has 90 valence electrons. The molecule has 1 heterocycles. The molecule has 1 nitrogen and oxygen atoms in total. The van der Waals surface area contributed by atoms with Gasteiger partial charge in [-0.2, -0.15) is 0 Å². The Morgan fingerprint density at radius 2 is 1.94 bits per heavy atom. The first-order valence-corrected chi connectivity index (χ1v) is 6.20. The van der Waals surface area contributed by atoms with E-state index in [0.717, 1.165) is 10.9 Å². The second kappa shape index (κ2) is 5.12. The predicted molar refractivity (Wildman–Crippen MR) is 66.3 cm³/mol. The molecule has 2 N–H and O–H groups in total. The number of hydrogen-bond donors (Lipinski definition) is 1. The van der Waals surface area contributed by atoms with Crippen molar-refractivity contribution in [2.75, 3.05) is 0 Å². The molecule has 17 heavy (non-hydrogen) atoms. The lowest BCUT2D eigenvalue weighted by Gasteiger charge is -2.09. The highest BCUT2D eigenvalue weighted by Crippen LogP contribution is 2.27. The van der Waals surface area contributed by atoms with Crippen molar-refractivity contribution in [2.24, 2.45) is 5.73 Å². The van der Waals surface area contributed by atoms with Crippen LogP contribution in [-0.4, -0.2) is 0 Å². The van der Waals surface area contributed by atoms with Gasteiger partial charge in [0.2, 0.25) is 0 Å². The molecule has 2 aromatic rings. The maximum atomic E-state index is 13.0. The standard InChI is InChI=1S/C12H10ClF2NS/c13-12-4-3-11(17-12)10(16)6-7-1-2-8(14)9(15)5-7/h1-5,10H,6,16H2. The largest absolute Gasteiger partial charge is 0.323 e. The molecule has 0 amide bonds. The average Bonchev–Trinajstić information content (AvgIpc) is 2.70. The van der Waals surface area contributed by atoms with Gasteiger partial charge in [0.05, 0.1) is 4.34 Å². The van der Waals surface area contributed by atoms with Crippen LogP contribution in [0.1, 0.15) is 16.5 Å². The van der Waals surface area contributed by atoms with Crippen LogP contribution in [0.3, 0.4) is 0 Å². The fourth-order valence-electron chi connectivity index (χ4n) is 1.55. The van der Waals surface area contributed by atoms with Crippen molar-refractivity contribution >= 4 is 22.9 Å². The van der Waals surface area contributed by atoms with Gasteiger partial charge in [-0.15, -0.1) is 11.3 Å². The summed E-state index contributed by atoms with van der Waals surface area (Å²) in [4.78, 5) is 0.930. The third-order valence-corrected chi connectivity index (χ3v) is 3.76. The normalized spacial score (nSPS) is 12.7. The van der Waals surface area contributed by atoms with Crippen LogP contribution >= 0.6 is 22.9 Å². The molecule has 5 heteroatoms. The van der Waals surface area contributed by atoms with Crippen LogP contribution in [-0.2, 0) is 6.42 Å². The van der Waals surface area contributed by atoms with E-state index < -0.39 is 11.6 Å². The molecule has 0 aliphatic rings. The minimum absolute atomic E-state index is 0.252. The van der Waals surface area contributed by atoms with E-state index in [1.807, 2.05) is 6.07 Å². The number of benzene rings is 1. The number of hydrogen-bond acceptors (Lipinski definition) is 2. The molecule has 0 saturated carbocycles. The quantitative estimate of drug-likeness (QED) is 0.901. The molecule has 0 bridgehead atoms. The average molecular weight is 274 g/mol. The van der Waals surface area contributed by atoms with Gasteiger partial charge in [0, 0.05) is 10.9 Å². The fourth-order valence-corrected chi connectivity index (χ4v) is 2.61. The molecule has 2 rings (SSSR count). The molecule has 0 radical (unpaired) electrons. The van der Waals surface area contributed by atoms with Crippen molar-refractivity contribution in [1.29, 1.82) is 0 Å². The molecular weight excluding hydrogens is 264 g/mol. The summed E-state index contributed by atoms with van der Waals surface area (Å²) in [6, 6.07) is 7.18. The summed E-state index contributed by atoms with van der Waals surface area (Å²) in [5.41, 5.74) is 6.63. The first kappa shape index (κ1) is 12.5. The lowest BCUT2D eigenvalue weighted by atomic mass is 10.1. The van der Waals surface area contributed by atoms with Gasteiger partial charge in [0.25, 0.3) is 0 Å². The summed E-state index contributed by atoms with van der Waals surface area (Å²) in [5, 5.41) is 0. The monoisotopic (exact) mass is 273 g/mol. The molecule has 0 fully saturated rings. The Morgan fingerprint density at radius 1 is 1.18 bits per heavy atom. The molecule has 0 spiro atoms. The smallest absolute Gasteiger partial charge is 0.159 e. The first-order valence-electron chi connectivity index (χ1n) is 5.01. The highest BCUT2D eigenvalue weighted by Gasteiger charge is 2.11. The van der Waals surface area contributed by atoms with Crippen LogP contribution in [0, 0.1) is 11.6 Å². The maximum Gasteiger partial charge on any atom is 0.159 e. The van der Waals surface area contributed by atoms with Crippen molar-refractivity contribution < 1.29 is 8.78 Å². The molecule has 1 aromatic carbocycles. The summed E-state index contributed by atoms with van der Waals surface area (Å²) in [6.07, 6.45) is 0.452. The second-order valence-corrected chi connectivity index (χ2v) is 5.45. The topological polar surface area (TPSA) is 26.0 Å². The Balaban J connectivity index is 2.12. The lowest BCUT2D eigenvalue weighted by Crippen LogP contribution is -2.11. The van der Waals surface area contributed by atoms with Crippen LogP contribution in [0.4, 0.5) is 8.78 Å². The van der Waals surface area contributed by atoms with Crippen molar-refractivity contribution in [3.63, 3.8) is 0 Å². The molecule has 1 aromatic heterocycles. The zero-order valence-corrected chi connectivity index (χ0v) is 10.4. The van der Waals surface area contributed by atoms with Gasteiger partial charge in [0.1, 0.15) is 0 Å². The summed E-state index contributed by atoms with van der Waals surface area (Å²) in [5.74, 6) is -1.69. The van der Waals surface area contributed by atoms with Gasteiger partial charge in [-0.3, -0.25) is 0 Å². The highest BCUT2D eigenvalue weighted by molar-refractivity contribution is 7.16. The van der Waals surface area contributed by atoms with Gasteiger partial charge in [-0.1, -0.05) is 17.7 Å². The Morgan fingerprint density at radius 3 is 2.53 bits per heavy atom. The van der Waals surface area contributed by atoms with Crippen molar-refractivity contribution in [3.05, 3.63) is 56.7 Å². The second-order valence-electron chi connectivity index (χ2n) is 3.70. The van der Waals surface area contributed by atoms with Gasteiger partial charge >= 0.3 is 0 Å². The number of rotatable bonds is 3. The Kier molecular flexibility index (Phi) is 3.76. The Hall–Kier alpha value is -0.970. The van der Waals surface area contributed by atoms with Crippen LogP contribution < -0.4 is 5.73 Å². The minimum atomic E-state index is -0.848. The van der Waals surface area contributed by atoms with Crippen LogP contribution in [0.5, 0.6) is 0 Å². The first-order chi connectivity index (χ1) is 8.06. The summed E-state index contributed by atoms with van der Waals surface area (Å²) >= 11 is 7.20. The van der Waals surface area contributed by atoms with E-state index in [1.54, 1.807) is 6.07 Å². The third-order valence-electron chi connectivity index (χ3n) is 2.40. The number of nitrogens with two attached hydrogens (primary N) is 1. The van der Waals surface area contributed by atoms with E-state index >= 15 is 0 Å². The maximum absolute atomic E-state index is 13.0. The lowest BCUT2D eigenvalue weighted by molar-refractivity contribution is 0.506. The summed E-state index contributed by atoms with van der Waals surface area (Å²) in [6.45, 7) is 0. The Bertz CT molecular complexity index is 527. The van der Waals surface area contributed by atoms with E-state index in [2.05, 4.69) is 0 Å². The number of thiophene rings is 1. The van der Waals surface area contributed by atoms with Gasteiger partial charge in [-0.05, 0) is 36.2 Å². The van der Waals surface area contributed by atoms with Crippen LogP contribution in [0.2, 0.25) is 4.34 Å². The van der Waals surface area contributed by atoms with E-state index in [-0.39, 0.29) is 6.04 Å². The van der Waals surface area contributed by atoms with Crippen LogP contribution in [0.25, 0.3) is 0 Å². The molecule has 0 aliphatic carbocycles. The summed E-state index contributed by atoms with van der Waals surface area (Å²) in [7, 11) is 0. The molecule has 0 saturated heterocycles. The van der Waals surface area contributed by atoms with E-state index in [9.17, 15) is 8.78 Å². The molecule has 1 unspecified atom stereocenters. The van der Waals surface area contributed by atoms with Gasteiger partial charge < -0.3 is 5.73 Å². The molecule has 0 aliphatic heterocycles. The minimum Gasteiger partial charge on any atom is -0.323 e. The Labute approximate surface area is 107 Å². The van der Waals surface area contributed by atoms with Gasteiger partial charge in [0.15, 0.2) is 11.6 Å². The van der Waals surface area contributed by atoms with Crippen molar-refractivity contribution in [3.8, 4) is 0 Å². The molecular formula is C12H10ClF2NS. The predicted octanol–water partition coefficient (Wildman–Crippen LogP) is 3.92. The summed E-state index contributed by atoms with van der Waals surface area (Å²) < 4.78 is 26.4. The van der Waals surface area contributed by atoms with E-state index in [1.165, 1.54) is 23.5 Å². The van der Waals surface area contributed by atoms with Crippen LogP contribution in [0.15, 0.2) is 30.3 Å². The van der Waals surface area contributed by atoms with Crippen molar-refractivity contribution in [2.45, 2.75) is 12.5 Å². The third kappa shape index (κ3) is 3.03. The van der Waals surface area contributed by atoms with E-state index in [4.69, 9.17) is 17.3 Å².